The lowest BCUT2D eigenvalue weighted by Gasteiger charge is -2.11. The van der Waals surface area contributed by atoms with Crippen molar-refractivity contribution >= 4 is 33.2 Å². The molecule has 1 amide bonds. The number of hydrogen-bond donors (Lipinski definition) is 2. The van der Waals surface area contributed by atoms with Gasteiger partial charge in [-0.25, -0.2) is 18.1 Å². The molecule has 0 saturated carbocycles. The molecule has 3 rings (SSSR count). The minimum Gasteiger partial charge on any atom is -0.352 e. The third kappa shape index (κ3) is 2.74. The number of carbonyl (C=O) groups is 1. The van der Waals surface area contributed by atoms with Crippen LogP contribution in [0.4, 0.5) is 0 Å². The second-order valence-electron chi connectivity index (χ2n) is 4.79. The average Bonchev–Trinajstić information content (AvgIpc) is 2.99. The number of nitrogens with zero attached hydrogens (tertiary/aromatic N) is 2. The highest BCUT2D eigenvalue weighted by molar-refractivity contribution is 7.89. The van der Waals surface area contributed by atoms with Gasteiger partial charge in [-0.1, -0.05) is 17.7 Å². The van der Waals surface area contributed by atoms with Gasteiger partial charge in [-0.05, 0) is 18.6 Å². The second-order valence-corrected chi connectivity index (χ2v) is 6.83. The van der Waals surface area contributed by atoms with E-state index in [9.17, 15) is 13.2 Å². The quantitative estimate of drug-likeness (QED) is 0.857. The van der Waals surface area contributed by atoms with Gasteiger partial charge in [0, 0.05) is 25.2 Å². The Bertz CT molecular complexity index is 802. The molecule has 1 fully saturated rings. The number of halogens is 1. The topological polar surface area (TPSA) is 92.6 Å². The molecular formula is C12H13ClN4O3S. The Hall–Kier alpha value is -1.64. The van der Waals surface area contributed by atoms with Crippen molar-refractivity contribution < 1.29 is 13.2 Å². The fourth-order valence-corrected chi connectivity index (χ4v) is 4.01. The summed E-state index contributed by atoms with van der Waals surface area (Å²) >= 11 is 5.95. The van der Waals surface area contributed by atoms with Crippen LogP contribution >= 0.6 is 11.6 Å². The maximum atomic E-state index is 12.4. The monoisotopic (exact) mass is 328 g/mol. The summed E-state index contributed by atoms with van der Waals surface area (Å²) in [5.41, 5.74) is 0.456. The maximum absolute atomic E-state index is 12.4. The number of hydrogen-bond acceptors (Lipinski definition) is 4. The van der Waals surface area contributed by atoms with Gasteiger partial charge >= 0.3 is 0 Å². The van der Waals surface area contributed by atoms with E-state index in [-0.39, 0.29) is 28.7 Å². The summed E-state index contributed by atoms with van der Waals surface area (Å²) < 4.78 is 28.7. The molecule has 2 aromatic rings. The zero-order valence-corrected chi connectivity index (χ0v) is 12.5. The molecule has 0 aliphatic carbocycles. The zero-order valence-electron chi connectivity index (χ0n) is 10.9. The molecule has 3 heterocycles. The van der Waals surface area contributed by atoms with Crippen LogP contribution in [0.25, 0.3) is 5.65 Å². The molecule has 1 saturated heterocycles. The maximum Gasteiger partial charge on any atom is 0.259 e. The zero-order chi connectivity index (χ0) is 15.0. The average molecular weight is 329 g/mol. The standard InChI is InChI=1S/C12H13ClN4O3S/c13-11-12(17-6-2-1-3-9(17)16-11)21(19,20)14-7-8-4-5-10(18)15-8/h1-3,6,8,14H,4-5,7H2,(H,15,18). The van der Waals surface area contributed by atoms with Gasteiger partial charge in [-0.3, -0.25) is 9.20 Å². The predicted molar refractivity (Wildman–Crippen MR) is 76.6 cm³/mol. The van der Waals surface area contributed by atoms with E-state index in [1.54, 1.807) is 24.4 Å². The number of fused-ring (bicyclic) bond motifs is 1. The highest BCUT2D eigenvalue weighted by Crippen LogP contribution is 2.22. The molecule has 7 nitrogen and oxygen atoms in total. The van der Waals surface area contributed by atoms with Crippen molar-refractivity contribution in [2.45, 2.75) is 23.9 Å². The molecule has 1 unspecified atom stereocenters. The summed E-state index contributed by atoms with van der Waals surface area (Å²) in [5.74, 6) is -0.0629. The Morgan fingerprint density at radius 3 is 3.00 bits per heavy atom. The first kappa shape index (κ1) is 14.3. The van der Waals surface area contributed by atoms with Gasteiger partial charge in [0.05, 0.1) is 0 Å². The molecule has 2 N–H and O–H groups in total. The summed E-state index contributed by atoms with van der Waals surface area (Å²) in [6.45, 7) is 0.129. The number of imidazole rings is 1. The number of sulfonamides is 1. The number of nitrogens with one attached hydrogen (secondary N) is 2. The lowest BCUT2D eigenvalue weighted by Crippen LogP contribution is -2.38. The largest absolute Gasteiger partial charge is 0.352 e. The molecule has 0 spiro atoms. The van der Waals surface area contributed by atoms with E-state index in [2.05, 4.69) is 15.0 Å². The lowest BCUT2D eigenvalue weighted by atomic mass is 10.2. The molecule has 9 heteroatoms. The molecule has 1 aliphatic rings. The number of aromatic nitrogens is 2. The fourth-order valence-electron chi connectivity index (χ4n) is 2.29. The van der Waals surface area contributed by atoms with Gasteiger partial charge in [0.25, 0.3) is 10.0 Å². The van der Waals surface area contributed by atoms with Crippen LogP contribution in [0.15, 0.2) is 29.4 Å². The van der Waals surface area contributed by atoms with Crippen LogP contribution in [0.1, 0.15) is 12.8 Å². The third-order valence-corrected chi connectivity index (χ3v) is 5.13. The molecule has 0 bridgehead atoms. The third-order valence-electron chi connectivity index (χ3n) is 3.31. The summed E-state index contributed by atoms with van der Waals surface area (Å²) in [6.07, 6.45) is 2.62. The Kier molecular flexibility index (Phi) is 3.60. The van der Waals surface area contributed by atoms with Crippen LogP contribution in [0, 0.1) is 0 Å². The van der Waals surface area contributed by atoms with Gasteiger partial charge in [0.15, 0.2) is 10.2 Å². The molecule has 0 radical (unpaired) electrons. The normalized spacial score (nSPS) is 19.1. The molecular weight excluding hydrogens is 316 g/mol. The van der Waals surface area contributed by atoms with Crippen molar-refractivity contribution in [3.8, 4) is 0 Å². The van der Waals surface area contributed by atoms with Crippen LogP contribution in [0.5, 0.6) is 0 Å². The molecule has 112 valence electrons. The van der Waals surface area contributed by atoms with E-state index in [1.807, 2.05) is 0 Å². The van der Waals surface area contributed by atoms with Crippen LogP contribution in [-0.2, 0) is 14.8 Å². The van der Waals surface area contributed by atoms with E-state index in [0.717, 1.165) is 0 Å². The van der Waals surface area contributed by atoms with Gasteiger partial charge < -0.3 is 5.32 Å². The van der Waals surface area contributed by atoms with E-state index in [1.165, 1.54) is 4.40 Å². The molecule has 0 aromatic carbocycles. The van der Waals surface area contributed by atoms with E-state index in [4.69, 9.17) is 11.6 Å². The number of carbonyl (C=O) groups excluding carboxylic acids is 1. The summed E-state index contributed by atoms with van der Waals surface area (Å²) in [4.78, 5) is 15.1. The molecule has 1 atom stereocenters. The molecule has 1 aliphatic heterocycles. The first-order valence-corrected chi connectivity index (χ1v) is 8.25. The summed E-state index contributed by atoms with van der Waals surface area (Å²) in [5, 5.41) is 2.53. The van der Waals surface area contributed by atoms with E-state index in [0.29, 0.717) is 18.5 Å². The van der Waals surface area contributed by atoms with Crippen molar-refractivity contribution in [3.05, 3.63) is 29.5 Å². The van der Waals surface area contributed by atoms with Crippen LogP contribution < -0.4 is 10.0 Å². The minimum atomic E-state index is -3.81. The Morgan fingerprint density at radius 2 is 2.29 bits per heavy atom. The molecule has 21 heavy (non-hydrogen) atoms. The van der Waals surface area contributed by atoms with Gasteiger partial charge in [0.2, 0.25) is 5.91 Å². The van der Waals surface area contributed by atoms with Crippen molar-refractivity contribution in [2.75, 3.05) is 6.54 Å². The number of amides is 1. The number of pyridine rings is 1. The first-order valence-electron chi connectivity index (χ1n) is 6.39. The fraction of sp³-hybridized carbons (Fsp3) is 0.333. The van der Waals surface area contributed by atoms with E-state index < -0.39 is 10.0 Å². The predicted octanol–water partition coefficient (Wildman–Crippen LogP) is 0.545. The van der Waals surface area contributed by atoms with E-state index >= 15 is 0 Å². The smallest absolute Gasteiger partial charge is 0.259 e. The molecule has 2 aromatic heterocycles. The van der Waals surface area contributed by atoms with Crippen LogP contribution in [-0.4, -0.2) is 36.3 Å². The van der Waals surface area contributed by atoms with Crippen LogP contribution in [0.2, 0.25) is 5.15 Å². The minimum absolute atomic E-state index is 0.0629. The first-order chi connectivity index (χ1) is 9.97. The summed E-state index contributed by atoms with van der Waals surface area (Å²) in [7, 11) is -3.81. The lowest BCUT2D eigenvalue weighted by molar-refractivity contribution is -0.119. The Morgan fingerprint density at radius 1 is 1.48 bits per heavy atom. The van der Waals surface area contributed by atoms with Crippen molar-refractivity contribution in [1.82, 2.24) is 19.4 Å². The second kappa shape index (κ2) is 5.28. The van der Waals surface area contributed by atoms with Crippen molar-refractivity contribution in [3.63, 3.8) is 0 Å². The Labute approximate surface area is 126 Å². The van der Waals surface area contributed by atoms with Crippen molar-refractivity contribution in [2.24, 2.45) is 0 Å². The van der Waals surface area contributed by atoms with Crippen molar-refractivity contribution in [1.29, 1.82) is 0 Å². The van der Waals surface area contributed by atoms with Gasteiger partial charge in [-0.15, -0.1) is 0 Å². The summed E-state index contributed by atoms with van der Waals surface area (Å²) in [6, 6.07) is 4.92. The highest BCUT2D eigenvalue weighted by atomic mass is 35.5. The van der Waals surface area contributed by atoms with Gasteiger partial charge in [-0.2, -0.15) is 0 Å². The highest BCUT2D eigenvalue weighted by Gasteiger charge is 2.27. The van der Waals surface area contributed by atoms with Crippen LogP contribution in [0.3, 0.4) is 0 Å². The Balaban J connectivity index is 1.86. The SMILES string of the molecule is O=C1CCC(CNS(=O)(=O)c2c(Cl)nc3ccccn23)N1. The van der Waals surface area contributed by atoms with Gasteiger partial charge in [0.1, 0.15) is 5.65 Å². The number of rotatable bonds is 4.